The molecule has 128 valence electrons. The molecule has 1 aromatic carbocycles. The molecule has 6 heteroatoms. The SMILES string of the molecule is Cc1ccc(CC(=O)Nc2nc3cc(Cl)cnc3n2C2CCC2)cc1. The van der Waals surface area contributed by atoms with Gasteiger partial charge in [-0.05, 0) is 37.8 Å². The van der Waals surface area contributed by atoms with Crippen molar-refractivity contribution in [3.05, 3.63) is 52.7 Å². The van der Waals surface area contributed by atoms with Gasteiger partial charge in [-0.2, -0.15) is 0 Å². The van der Waals surface area contributed by atoms with Gasteiger partial charge in [0.05, 0.1) is 11.4 Å². The highest BCUT2D eigenvalue weighted by molar-refractivity contribution is 6.31. The fraction of sp³-hybridized carbons (Fsp3) is 0.316. The Bertz CT molecular complexity index is 928. The molecule has 0 unspecified atom stereocenters. The van der Waals surface area contributed by atoms with E-state index in [1.807, 2.05) is 35.8 Å². The number of hydrogen-bond acceptors (Lipinski definition) is 3. The summed E-state index contributed by atoms with van der Waals surface area (Å²) in [4.78, 5) is 21.5. The number of rotatable bonds is 4. The molecule has 1 aliphatic rings. The third-order valence-corrected chi connectivity index (χ3v) is 4.88. The number of carbonyl (C=O) groups excluding carboxylic acids is 1. The predicted molar refractivity (Wildman–Crippen MR) is 98.9 cm³/mol. The van der Waals surface area contributed by atoms with Crippen LogP contribution in [0.25, 0.3) is 11.2 Å². The first-order valence-electron chi connectivity index (χ1n) is 8.49. The summed E-state index contributed by atoms with van der Waals surface area (Å²) >= 11 is 6.03. The fourth-order valence-corrected chi connectivity index (χ4v) is 3.25. The second kappa shape index (κ2) is 6.48. The molecule has 1 N–H and O–H groups in total. The van der Waals surface area contributed by atoms with Crippen LogP contribution in [0, 0.1) is 6.92 Å². The second-order valence-electron chi connectivity index (χ2n) is 6.60. The number of anilines is 1. The molecule has 0 radical (unpaired) electrons. The van der Waals surface area contributed by atoms with Crippen LogP contribution >= 0.6 is 11.6 Å². The van der Waals surface area contributed by atoms with E-state index in [2.05, 4.69) is 15.3 Å². The molecule has 1 fully saturated rings. The van der Waals surface area contributed by atoms with Crippen molar-refractivity contribution in [2.24, 2.45) is 0 Å². The first-order valence-corrected chi connectivity index (χ1v) is 8.87. The highest BCUT2D eigenvalue weighted by atomic mass is 35.5. The maximum absolute atomic E-state index is 12.5. The number of fused-ring (bicyclic) bond motifs is 1. The summed E-state index contributed by atoms with van der Waals surface area (Å²) in [7, 11) is 0. The van der Waals surface area contributed by atoms with E-state index in [0.717, 1.165) is 24.1 Å². The molecule has 2 aromatic heterocycles. The van der Waals surface area contributed by atoms with Gasteiger partial charge in [0, 0.05) is 12.2 Å². The van der Waals surface area contributed by atoms with Gasteiger partial charge in [-0.25, -0.2) is 9.97 Å². The van der Waals surface area contributed by atoms with E-state index >= 15 is 0 Å². The Morgan fingerprint density at radius 1 is 1.32 bits per heavy atom. The Morgan fingerprint density at radius 2 is 2.08 bits per heavy atom. The first kappa shape index (κ1) is 16.1. The molecule has 25 heavy (non-hydrogen) atoms. The lowest BCUT2D eigenvalue weighted by Gasteiger charge is -2.28. The van der Waals surface area contributed by atoms with Gasteiger partial charge in [0.15, 0.2) is 5.65 Å². The minimum atomic E-state index is -0.0779. The molecular formula is C19H19ClN4O. The Hall–Kier alpha value is -2.40. The summed E-state index contributed by atoms with van der Waals surface area (Å²) in [5, 5.41) is 3.51. The van der Waals surface area contributed by atoms with E-state index in [1.54, 1.807) is 12.3 Å². The van der Waals surface area contributed by atoms with E-state index < -0.39 is 0 Å². The van der Waals surface area contributed by atoms with Crippen molar-refractivity contribution in [2.45, 2.75) is 38.6 Å². The third-order valence-electron chi connectivity index (χ3n) is 4.67. The van der Waals surface area contributed by atoms with Gasteiger partial charge in [-0.1, -0.05) is 41.4 Å². The maximum Gasteiger partial charge on any atom is 0.231 e. The average Bonchev–Trinajstić information content (AvgIpc) is 2.85. The summed E-state index contributed by atoms with van der Waals surface area (Å²) in [5.74, 6) is 0.484. The van der Waals surface area contributed by atoms with Crippen LogP contribution in [0.4, 0.5) is 5.95 Å². The topological polar surface area (TPSA) is 59.8 Å². The number of amides is 1. The van der Waals surface area contributed by atoms with Crippen LogP contribution < -0.4 is 5.32 Å². The third kappa shape index (κ3) is 3.24. The summed E-state index contributed by atoms with van der Waals surface area (Å²) in [6.45, 7) is 2.03. The number of hydrogen-bond donors (Lipinski definition) is 1. The standard InChI is InChI=1S/C19H19ClN4O/c1-12-5-7-13(8-6-12)9-17(25)23-19-22-16-10-14(20)11-21-18(16)24(19)15-3-2-4-15/h5-8,10-11,15H,2-4,9H2,1H3,(H,22,23,25). The molecule has 0 aliphatic heterocycles. The zero-order valence-electron chi connectivity index (χ0n) is 14.0. The van der Waals surface area contributed by atoms with Gasteiger partial charge < -0.3 is 0 Å². The Balaban J connectivity index is 1.61. The number of aryl methyl sites for hydroxylation is 1. The normalized spacial score (nSPS) is 14.5. The number of nitrogens with zero attached hydrogens (tertiary/aromatic N) is 3. The summed E-state index contributed by atoms with van der Waals surface area (Å²) in [6.07, 6.45) is 5.29. The highest BCUT2D eigenvalue weighted by Crippen LogP contribution is 2.36. The summed E-state index contributed by atoms with van der Waals surface area (Å²) in [6, 6.07) is 10.1. The number of aromatic nitrogens is 3. The van der Waals surface area contributed by atoms with Crippen molar-refractivity contribution in [1.29, 1.82) is 0 Å². The van der Waals surface area contributed by atoms with Crippen molar-refractivity contribution < 1.29 is 4.79 Å². The van der Waals surface area contributed by atoms with Gasteiger partial charge in [-0.15, -0.1) is 0 Å². The molecule has 3 aromatic rings. The smallest absolute Gasteiger partial charge is 0.231 e. The minimum Gasteiger partial charge on any atom is -0.296 e. The van der Waals surface area contributed by atoms with Crippen LogP contribution in [0.1, 0.15) is 36.4 Å². The fourth-order valence-electron chi connectivity index (χ4n) is 3.10. The molecule has 1 amide bonds. The van der Waals surface area contributed by atoms with Crippen LogP contribution in [0.15, 0.2) is 36.5 Å². The number of imidazole rings is 1. The first-order chi connectivity index (χ1) is 12.1. The van der Waals surface area contributed by atoms with Crippen molar-refractivity contribution in [2.75, 3.05) is 5.32 Å². The number of pyridine rings is 1. The van der Waals surface area contributed by atoms with Crippen molar-refractivity contribution >= 4 is 34.6 Å². The van der Waals surface area contributed by atoms with E-state index in [1.165, 1.54) is 12.0 Å². The number of benzene rings is 1. The molecule has 0 spiro atoms. The maximum atomic E-state index is 12.5. The lowest BCUT2D eigenvalue weighted by atomic mass is 9.93. The van der Waals surface area contributed by atoms with Crippen LogP contribution in [-0.2, 0) is 11.2 Å². The Kier molecular flexibility index (Phi) is 4.17. The lowest BCUT2D eigenvalue weighted by molar-refractivity contribution is -0.115. The van der Waals surface area contributed by atoms with Crippen LogP contribution in [-0.4, -0.2) is 20.4 Å². The molecule has 4 rings (SSSR count). The van der Waals surface area contributed by atoms with E-state index in [4.69, 9.17) is 11.6 Å². The second-order valence-corrected chi connectivity index (χ2v) is 7.03. The van der Waals surface area contributed by atoms with Gasteiger partial charge >= 0.3 is 0 Å². The molecule has 1 saturated carbocycles. The summed E-state index contributed by atoms with van der Waals surface area (Å²) < 4.78 is 2.04. The lowest BCUT2D eigenvalue weighted by Crippen LogP contribution is -2.23. The van der Waals surface area contributed by atoms with Crippen molar-refractivity contribution in [3.63, 3.8) is 0 Å². The summed E-state index contributed by atoms with van der Waals surface area (Å²) in [5.41, 5.74) is 3.65. The van der Waals surface area contributed by atoms with Gasteiger partial charge in [0.2, 0.25) is 11.9 Å². The highest BCUT2D eigenvalue weighted by Gasteiger charge is 2.26. The molecular weight excluding hydrogens is 336 g/mol. The Morgan fingerprint density at radius 3 is 2.76 bits per heavy atom. The zero-order chi connectivity index (χ0) is 17.4. The van der Waals surface area contributed by atoms with Gasteiger partial charge in [0.1, 0.15) is 5.52 Å². The van der Waals surface area contributed by atoms with Crippen LogP contribution in [0.3, 0.4) is 0 Å². The molecule has 0 atom stereocenters. The largest absolute Gasteiger partial charge is 0.296 e. The zero-order valence-corrected chi connectivity index (χ0v) is 14.8. The molecule has 5 nitrogen and oxygen atoms in total. The van der Waals surface area contributed by atoms with E-state index in [-0.39, 0.29) is 5.91 Å². The molecule has 0 saturated heterocycles. The van der Waals surface area contributed by atoms with Crippen LogP contribution in [0.2, 0.25) is 5.02 Å². The molecule has 2 heterocycles. The van der Waals surface area contributed by atoms with Crippen LogP contribution in [0.5, 0.6) is 0 Å². The minimum absolute atomic E-state index is 0.0779. The van der Waals surface area contributed by atoms with Crippen molar-refractivity contribution in [3.8, 4) is 0 Å². The number of carbonyl (C=O) groups is 1. The van der Waals surface area contributed by atoms with Gasteiger partial charge in [0.25, 0.3) is 0 Å². The quantitative estimate of drug-likeness (QED) is 0.759. The molecule has 0 bridgehead atoms. The van der Waals surface area contributed by atoms with E-state index in [9.17, 15) is 4.79 Å². The number of nitrogens with one attached hydrogen (secondary N) is 1. The average molecular weight is 355 g/mol. The predicted octanol–water partition coefficient (Wildman–Crippen LogP) is 4.30. The van der Waals surface area contributed by atoms with E-state index in [0.29, 0.717) is 29.0 Å². The van der Waals surface area contributed by atoms with Gasteiger partial charge in [-0.3, -0.25) is 14.7 Å². The number of halogens is 1. The Labute approximate surface area is 151 Å². The molecule has 1 aliphatic carbocycles. The monoisotopic (exact) mass is 354 g/mol. The van der Waals surface area contributed by atoms with Crippen molar-refractivity contribution in [1.82, 2.24) is 14.5 Å².